The summed E-state index contributed by atoms with van der Waals surface area (Å²) in [7, 11) is 7.79. The quantitative estimate of drug-likeness (QED) is 0.278. The lowest BCUT2D eigenvalue weighted by molar-refractivity contribution is -0.147. The third kappa shape index (κ3) is 14.6. The zero-order valence-corrected chi connectivity index (χ0v) is 38.5. The molecule has 1 fully saturated rings. The topological polar surface area (TPSA) is 224 Å². The number of urea groups is 5. The minimum absolute atomic E-state index is 0.0253. The van der Waals surface area contributed by atoms with Crippen LogP contribution in [0.1, 0.15) is 81.6 Å². The molecule has 1 unspecified atom stereocenters. The van der Waals surface area contributed by atoms with Gasteiger partial charge in [0.1, 0.15) is 12.1 Å². The van der Waals surface area contributed by atoms with E-state index in [9.17, 15) is 51.9 Å². The Labute approximate surface area is 358 Å². The zero-order valence-electron chi connectivity index (χ0n) is 38.5. The maximum absolute atomic E-state index is 14.7. The number of rotatable bonds is 8. The highest BCUT2D eigenvalue weighted by Crippen LogP contribution is 2.21. The largest absolute Gasteiger partial charge is 0.338 e. The normalized spacial score (nSPS) is 25.5. The van der Waals surface area contributed by atoms with Crippen LogP contribution in [0.5, 0.6) is 0 Å². The highest BCUT2D eigenvalue weighted by Gasteiger charge is 2.43. The monoisotopic (exact) mass is 874 g/mol. The van der Waals surface area contributed by atoms with E-state index in [1.807, 2.05) is 27.7 Å². The van der Waals surface area contributed by atoms with Crippen molar-refractivity contribution in [1.29, 1.82) is 0 Å². The molecule has 0 aromatic rings. The standard InChI is InChI=1S/C39H69F2N11O9/c1-20(2)17-25-32(54)43-30(23(7)8)48(12)27(19-22(5)6)42-24(9)31(53)44-35(57)47(11)26(18-21(3)4)33(55)50(14)38(60)52(16)39(61)51(15)37(59)45-36(58)49(13)28(29(40)41)34(56)46(25)10/h20-30,42H,17-19H2,1-16H3,(H,43,54)(H,44,53,57)(H,45,58,59)/t24-,25+,26-,27-,28-,30?/m1/s1. The molecule has 0 spiro atoms. The number of nitrogens with zero attached hydrogens (tertiary/aromatic N) is 7. The molecular weight excluding hydrogens is 804 g/mol. The van der Waals surface area contributed by atoms with Gasteiger partial charge in [0.2, 0.25) is 11.8 Å². The van der Waals surface area contributed by atoms with E-state index < -0.39 is 96.7 Å². The van der Waals surface area contributed by atoms with Crippen LogP contribution >= 0.6 is 0 Å². The minimum atomic E-state index is -3.50. The maximum atomic E-state index is 14.7. The number of hydrogen-bond acceptors (Lipinski definition) is 11. The Balaban J connectivity index is 3.95. The molecule has 4 N–H and O–H groups in total. The second-order valence-corrected chi connectivity index (χ2v) is 17.2. The van der Waals surface area contributed by atoms with Gasteiger partial charge in [0.25, 0.3) is 18.2 Å². The Morgan fingerprint density at radius 2 is 1.02 bits per heavy atom. The molecule has 20 nitrogen and oxygen atoms in total. The van der Waals surface area contributed by atoms with Crippen molar-refractivity contribution in [2.75, 3.05) is 49.3 Å². The predicted octanol–water partition coefficient (Wildman–Crippen LogP) is 2.79. The molecule has 0 aromatic heterocycles. The number of imide groups is 5. The fourth-order valence-electron chi connectivity index (χ4n) is 6.67. The van der Waals surface area contributed by atoms with Crippen molar-refractivity contribution in [2.45, 2.75) is 125 Å². The van der Waals surface area contributed by atoms with E-state index in [1.54, 1.807) is 45.0 Å². The van der Waals surface area contributed by atoms with Gasteiger partial charge in [-0.25, -0.2) is 42.6 Å². The van der Waals surface area contributed by atoms with Crippen molar-refractivity contribution in [1.82, 2.24) is 55.6 Å². The van der Waals surface area contributed by atoms with Gasteiger partial charge >= 0.3 is 30.2 Å². The number of alkyl halides is 2. The van der Waals surface area contributed by atoms with E-state index in [-0.39, 0.29) is 46.3 Å². The number of carbonyl (C=O) groups excluding carboxylic acids is 9. The molecule has 0 aliphatic carbocycles. The molecule has 1 aliphatic rings. The average Bonchev–Trinajstić information content (AvgIpc) is 3.16. The van der Waals surface area contributed by atoms with Gasteiger partial charge in [-0.15, -0.1) is 0 Å². The van der Waals surface area contributed by atoms with Crippen LogP contribution in [0.25, 0.3) is 0 Å². The molecule has 1 heterocycles. The van der Waals surface area contributed by atoms with Gasteiger partial charge in [0.05, 0.1) is 18.4 Å². The third-order valence-corrected chi connectivity index (χ3v) is 10.4. The third-order valence-electron chi connectivity index (χ3n) is 10.4. The summed E-state index contributed by atoms with van der Waals surface area (Å²) in [4.78, 5) is 127. The van der Waals surface area contributed by atoms with Crippen molar-refractivity contribution >= 4 is 53.8 Å². The van der Waals surface area contributed by atoms with Crippen LogP contribution in [0, 0.1) is 23.7 Å². The van der Waals surface area contributed by atoms with Crippen LogP contribution in [-0.4, -0.2) is 180 Å². The molecule has 6 atom stereocenters. The summed E-state index contributed by atoms with van der Waals surface area (Å²) in [5.41, 5.74) is 0. The van der Waals surface area contributed by atoms with Crippen LogP contribution < -0.4 is 21.3 Å². The van der Waals surface area contributed by atoms with E-state index in [0.717, 1.165) is 45.0 Å². The highest BCUT2D eigenvalue weighted by molar-refractivity contribution is 6.08. The van der Waals surface area contributed by atoms with Gasteiger partial charge in [0, 0.05) is 42.3 Å². The van der Waals surface area contributed by atoms with E-state index in [1.165, 1.54) is 14.0 Å². The van der Waals surface area contributed by atoms with E-state index in [2.05, 4.69) is 16.0 Å². The Bertz CT molecular complexity index is 1620. The number of carbonyl (C=O) groups is 9. The minimum Gasteiger partial charge on any atom is -0.338 e. The van der Waals surface area contributed by atoms with Crippen LogP contribution in [0.3, 0.4) is 0 Å². The SMILES string of the molecule is CC(C)C[C@@H]1C(=O)N(C)C(=O)N(C)C(=O)N(C)C(=O)NC(=O)N(C)[C@H](C(F)F)C(=O)N(C)[C@@H](CC(C)C)C(=O)NC(C(C)C)N(C)[C@H](CC(C)C)N[C@H](C)C(=O)NC(=O)N1C. The molecule has 1 saturated heterocycles. The first kappa shape index (κ1) is 54.0. The Morgan fingerprint density at radius 1 is 0.541 bits per heavy atom. The fraction of sp³-hybridized carbons (Fsp3) is 0.769. The highest BCUT2D eigenvalue weighted by atomic mass is 19.3. The lowest BCUT2D eigenvalue weighted by Crippen LogP contribution is -2.64. The Morgan fingerprint density at radius 3 is 1.49 bits per heavy atom. The number of hydrogen-bond donors (Lipinski definition) is 4. The molecule has 1 rings (SSSR count). The molecule has 0 aromatic carbocycles. The number of nitrogens with one attached hydrogen (secondary N) is 4. The van der Waals surface area contributed by atoms with Gasteiger partial charge in [-0.2, -0.15) is 0 Å². The molecular formula is C39H69F2N11O9. The van der Waals surface area contributed by atoms with E-state index in [4.69, 9.17) is 0 Å². The lowest BCUT2D eigenvalue weighted by Gasteiger charge is -2.41. The fourth-order valence-corrected chi connectivity index (χ4v) is 6.67. The number of halogens is 2. The molecule has 61 heavy (non-hydrogen) atoms. The lowest BCUT2D eigenvalue weighted by atomic mass is 9.99. The van der Waals surface area contributed by atoms with Gasteiger partial charge in [-0.05, 0) is 56.9 Å². The summed E-state index contributed by atoms with van der Waals surface area (Å²) < 4.78 is 29.5. The molecule has 0 radical (unpaired) electrons. The van der Waals surface area contributed by atoms with E-state index in [0.29, 0.717) is 16.2 Å². The molecule has 0 saturated carbocycles. The smallest absolute Gasteiger partial charge is 0.335 e. The van der Waals surface area contributed by atoms with Gasteiger partial charge in [0.15, 0.2) is 6.04 Å². The second kappa shape index (κ2) is 23.3. The van der Waals surface area contributed by atoms with Crippen molar-refractivity contribution < 1.29 is 51.9 Å². The Kier molecular flexibility index (Phi) is 20.6. The van der Waals surface area contributed by atoms with Crippen molar-refractivity contribution in [3.8, 4) is 0 Å². The molecule has 0 bridgehead atoms. The summed E-state index contributed by atoms with van der Waals surface area (Å²) >= 11 is 0. The summed E-state index contributed by atoms with van der Waals surface area (Å²) in [5, 5.41) is 10.2. The average molecular weight is 874 g/mol. The van der Waals surface area contributed by atoms with E-state index >= 15 is 0 Å². The molecule has 14 amide bonds. The Hall–Kier alpha value is -4.99. The van der Waals surface area contributed by atoms with Gasteiger partial charge in [-0.3, -0.25) is 44.9 Å². The van der Waals surface area contributed by atoms with Gasteiger partial charge in [-0.1, -0.05) is 55.4 Å². The molecule has 348 valence electrons. The van der Waals surface area contributed by atoms with Crippen LogP contribution in [0.4, 0.5) is 32.8 Å². The van der Waals surface area contributed by atoms with Crippen LogP contribution in [0.15, 0.2) is 0 Å². The second-order valence-electron chi connectivity index (χ2n) is 17.2. The number of amides is 14. The first-order valence-corrected chi connectivity index (χ1v) is 20.3. The first-order chi connectivity index (χ1) is 28.0. The van der Waals surface area contributed by atoms with Crippen molar-refractivity contribution in [3.05, 3.63) is 0 Å². The van der Waals surface area contributed by atoms with Crippen molar-refractivity contribution in [3.63, 3.8) is 0 Å². The number of likely N-dealkylation sites (N-methyl/N-ethyl adjacent to an activating group) is 4. The zero-order chi connectivity index (χ0) is 47.5. The van der Waals surface area contributed by atoms with Crippen molar-refractivity contribution in [2.24, 2.45) is 23.7 Å². The summed E-state index contributed by atoms with van der Waals surface area (Å²) in [6.07, 6.45) is -4.36. The van der Waals surface area contributed by atoms with Crippen LogP contribution in [0.2, 0.25) is 0 Å². The van der Waals surface area contributed by atoms with Crippen LogP contribution in [-0.2, 0) is 19.2 Å². The summed E-state index contributed by atoms with van der Waals surface area (Å²) in [5.74, 6) is -4.38. The summed E-state index contributed by atoms with van der Waals surface area (Å²) in [6, 6.07) is -12.7. The maximum Gasteiger partial charge on any atom is 0.335 e. The molecule has 1 aliphatic heterocycles. The predicted molar refractivity (Wildman–Crippen MR) is 222 cm³/mol. The van der Waals surface area contributed by atoms with Gasteiger partial charge < -0.3 is 20.0 Å². The summed E-state index contributed by atoms with van der Waals surface area (Å²) in [6.45, 7) is 16.1. The molecule has 22 heteroatoms. The first-order valence-electron chi connectivity index (χ1n) is 20.3.